The molecule has 1 aliphatic rings. The first kappa shape index (κ1) is 23.9. The van der Waals surface area contributed by atoms with Gasteiger partial charge in [0.05, 0.1) is 5.69 Å². The van der Waals surface area contributed by atoms with Crippen LogP contribution in [0.4, 0.5) is 18.9 Å². The molecule has 2 aromatic carbocycles. The molecule has 9 heteroatoms. The van der Waals surface area contributed by atoms with Crippen LogP contribution in [-0.2, 0) is 16.6 Å². The summed E-state index contributed by atoms with van der Waals surface area (Å²) in [6, 6.07) is 9.48. The number of aliphatic hydroxyl groups excluding tert-OH is 1. The Bertz CT molecular complexity index is 1210. The molecule has 0 saturated heterocycles. The lowest BCUT2D eigenvalue weighted by Gasteiger charge is -2.21. The minimum atomic E-state index is -3.64. The standard InChI is InChI=1S/C25H27F3N2O4/c1-24(2,9-10-31)22-13-16-12-19(17(26)14-18(16)29-22)30-23(32)6-4-3-5-15-7-8-20-21(11-15)34-25(27,28)33-20/h7-8,11-14,29,31H,3-6,9-10H2,1-2H3,(H,30,32). The number of nitrogens with one attached hydrogen (secondary N) is 2. The maximum absolute atomic E-state index is 14.6. The van der Waals surface area contributed by atoms with Gasteiger partial charge >= 0.3 is 6.29 Å². The number of carbonyl (C=O) groups excluding carboxylic acids is 1. The maximum Gasteiger partial charge on any atom is 0.586 e. The number of unbranched alkanes of at least 4 members (excludes halogenated alkanes) is 1. The first-order valence-corrected chi connectivity index (χ1v) is 11.2. The van der Waals surface area contributed by atoms with Crippen LogP contribution in [-0.4, -0.2) is 28.9 Å². The lowest BCUT2D eigenvalue weighted by Crippen LogP contribution is -2.25. The Labute approximate surface area is 195 Å². The molecule has 3 aromatic rings. The molecule has 0 unspecified atom stereocenters. The molecule has 0 aliphatic carbocycles. The molecule has 1 aliphatic heterocycles. The number of fused-ring (bicyclic) bond motifs is 2. The van der Waals surface area contributed by atoms with Crippen molar-refractivity contribution >= 4 is 22.5 Å². The Morgan fingerprint density at radius 2 is 1.88 bits per heavy atom. The molecule has 34 heavy (non-hydrogen) atoms. The lowest BCUT2D eigenvalue weighted by atomic mass is 9.86. The molecule has 4 rings (SSSR count). The van der Waals surface area contributed by atoms with Crippen LogP contribution in [0.3, 0.4) is 0 Å². The Hall–Kier alpha value is -3.20. The summed E-state index contributed by atoms with van der Waals surface area (Å²) in [6.45, 7) is 4.03. The largest absolute Gasteiger partial charge is 0.586 e. The van der Waals surface area contributed by atoms with E-state index in [9.17, 15) is 23.1 Å². The summed E-state index contributed by atoms with van der Waals surface area (Å²) < 4.78 is 49.6. The number of carbonyl (C=O) groups is 1. The summed E-state index contributed by atoms with van der Waals surface area (Å²) in [7, 11) is 0. The van der Waals surface area contributed by atoms with Gasteiger partial charge in [-0.05, 0) is 55.5 Å². The summed E-state index contributed by atoms with van der Waals surface area (Å²) in [4.78, 5) is 15.6. The third-order valence-electron chi connectivity index (χ3n) is 6.03. The number of amides is 1. The fraction of sp³-hybridized carbons (Fsp3) is 0.400. The van der Waals surface area contributed by atoms with Gasteiger partial charge in [0.1, 0.15) is 5.82 Å². The zero-order valence-electron chi connectivity index (χ0n) is 19.0. The topological polar surface area (TPSA) is 83.6 Å². The van der Waals surface area contributed by atoms with Gasteiger partial charge in [-0.1, -0.05) is 19.9 Å². The summed E-state index contributed by atoms with van der Waals surface area (Å²) in [5.74, 6) is -0.844. The SMILES string of the molecule is CC(C)(CCO)c1cc2cc(NC(=O)CCCCc3ccc4c(c3)OC(F)(F)O4)c(F)cc2[nH]1. The number of aliphatic hydroxyl groups is 1. The monoisotopic (exact) mass is 476 g/mol. The molecule has 0 atom stereocenters. The van der Waals surface area contributed by atoms with Crippen LogP contribution in [0.5, 0.6) is 11.5 Å². The molecule has 0 spiro atoms. The van der Waals surface area contributed by atoms with Gasteiger partial charge in [-0.15, -0.1) is 8.78 Å². The third-order valence-corrected chi connectivity index (χ3v) is 6.03. The fourth-order valence-electron chi connectivity index (χ4n) is 4.01. The van der Waals surface area contributed by atoms with E-state index < -0.39 is 12.1 Å². The summed E-state index contributed by atoms with van der Waals surface area (Å²) in [6.07, 6.45) is -1.12. The molecule has 2 heterocycles. The van der Waals surface area contributed by atoms with E-state index in [0.717, 1.165) is 16.6 Å². The first-order chi connectivity index (χ1) is 16.1. The highest BCUT2D eigenvalue weighted by molar-refractivity contribution is 5.94. The number of rotatable bonds is 9. The molecule has 1 aromatic heterocycles. The molecule has 0 fully saturated rings. The zero-order valence-corrected chi connectivity index (χ0v) is 19.0. The van der Waals surface area contributed by atoms with Crippen molar-refractivity contribution in [3.05, 3.63) is 53.5 Å². The zero-order chi connectivity index (χ0) is 24.5. The van der Waals surface area contributed by atoms with Crippen molar-refractivity contribution < 1.29 is 32.5 Å². The van der Waals surface area contributed by atoms with Gasteiger partial charge < -0.3 is 24.9 Å². The van der Waals surface area contributed by atoms with Crippen LogP contribution in [0.25, 0.3) is 10.9 Å². The number of alkyl halides is 2. The Balaban J connectivity index is 1.31. The summed E-state index contributed by atoms with van der Waals surface area (Å²) in [5, 5.41) is 12.7. The molecule has 0 saturated carbocycles. The number of hydrogen-bond acceptors (Lipinski definition) is 4. The number of H-pyrrole nitrogens is 1. The van der Waals surface area contributed by atoms with Crippen molar-refractivity contribution in [2.45, 2.75) is 57.7 Å². The van der Waals surface area contributed by atoms with E-state index in [2.05, 4.69) is 19.8 Å². The minimum Gasteiger partial charge on any atom is -0.396 e. The van der Waals surface area contributed by atoms with E-state index >= 15 is 0 Å². The van der Waals surface area contributed by atoms with Crippen LogP contribution < -0.4 is 14.8 Å². The smallest absolute Gasteiger partial charge is 0.396 e. The first-order valence-electron chi connectivity index (χ1n) is 11.2. The Morgan fingerprint density at radius 1 is 1.12 bits per heavy atom. The normalized spacial score (nSPS) is 14.5. The second-order valence-electron chi connectivity index (χ2n) is 9.16. The summed E-state index contributed by atoms with van der Waals surface area (Å²) >= 11 is 0. The minimum absolute atomic E-state index is 0.00114. The molecule has 1 amide bonds. The van der Waals surface area contributed by atoms with E-state index in [1.54, 1.807) is 12.1 Å². The molecule has 0 radical (unpaired) electrons. The van der Waals surface area contributed by atoms with Crippen molar-refractivity contribution in [1.29, 1.82) is 0 Å². The number of ether oxygens (including phenoxy) is 2. The van der Waals surface area contributed by atoms with Crippen molar-refractivity contribution in [2.75, 3.05) is 11.9 Å². The summed E-state index contributed by atoms with van der Waals surface area (Å²) in [5.41, 5.74) is 2.11. The molecule has 0 bridgehead atoms. The Kier molecular flexibility index (Phi) is 6.49. The van der Waals surface area contributed by atoms with Gasteiger partial charge in [0.15, 0.2) is 11.5 Å². The molecular formula is C25H27F3N2O4. The van der Waals surface area contributed by atoms with Crippen LogP contribution in [0.2, 0.25) is 0 Å². The third kappa shape index (κ3) is 5.30. The van der Waals surface area contributed by atoms with Crippen molar-refractivity contribution in [3.63, 3.8) is 0 Å². The van der Waals surface area contributed by atoms with Gasteiger partial charge in [-0.2, -0.15) is 0 Å². The van der Waals surface area contributed by atoms with E-state index in [4.69, 9.17) is 0 Å². The highest BCUT2D eigenvalue weighted by Gasteiger charge is 2.43. The number of aromatic nitrogens is 1. The average Bonchev–Trinajstić information content (AvgIpc) is 3.30. The van der Waals surface area contributed by atoms with Crippen LogP contribution >= 0.6 is 0 Å². The van der Waals surface area contributed by atoms with E-state index in [-0.39, 0.29) is 41.5 Å². The molecular weight excluding hydrogens is 449 g/mol. The lowest BCUT2D eigenvalue weighted by molar-refractivity contribution is -0.286. The Morgan fingerprint density at radius 3 is 2.65 bits per heavy atom. The number of aromatic amines is 1. The van der Waals surface area contributed by atoms with Crippen molar-refractivity contribution in [1.82, 2.24) is 4.98 Å². The van der Waals surface area contributed by atoms with Crippen molar-refractivity contribution in [2.24, 2.45) is 0 Å². The van der Waals surface area contributed by atoms with Crippen LogP contribution in [0.15, 0.2) is 36.4 Å². The predicted molar refractivity (Wildman–Crippen MR) is 122 cm³/mol. The van der Waals surface area contributed by atoms with Gasteiger partial charge in [0.2, 0.25) is 5.91 Å². The van der Waals surface area contributed by atoms with E-state index in [1.165, 1.54) is 18.2 Å². The second kappa shape index (κ2) is 9.21. The van der Waals surface area contributed by atoms with Gasteiger partial charge in [0.25, 0.3) is 0 Å². The highest BCUT2D eigenvalue weighted by Crippen LogP contribution is 2.41. The van der Waals surface area contributed by atoms with E-state index in [1.807, 2.05) is 19.9 Å². The molecule has 3 N–H and O–H groups in total. The average molecular weight is 476 g/mol. The second-order valence-corrected chi connectivity index (χ2v) is 9.16. The van der Waals surface area contributed by atoms with Gasteiger partial charge in [-0.3, -0.25) is 4.79 Å². The fourth-order valence-corrected chi connectivity index (χ4v) is 4.01. The van der Waals surface area contributed by atoms with Gasteiger partial charge in [-0.25, -0.2) is 4.39 Å². The van der Waals surface area contributed by atoms with Gasteiger partial charge in [0, 0.05) is 41.1 Å². The number of halogens is 3. The predicted octanol–water partition coefficient (Wildman–Crippen LogP) is 5.64. The number of benzene rings is 2. The quantitative estimate of drug-likeness (QED) is 0.349. The van der Waals surface area contributed by atoms with Crippen LogP contribution in [0.1, 0.15) is 50.8 Å². The van der Waals surface area contributed by atoms with Crippen molar-refractivity contribution in [3.8, 4) is 11.5 Å². The number of aryl methyl sites for hydroxylation is 1. The molecule has 6 nitrogen and oxygen atoms in total. The highest BCUT2D eigenvalue weighted by atomic mass is 19.3. The maximum atomic E-state index is 14.6. The van der Waals surface area contributed by atoms with Crippen LogP contribution in [0, 0.1) is 5.82 Å². The number of hydrogen-bond donors (Lipinski definition) is 3. The van der Waals surface area contributed by atoms with E-state index in [0.29, 0.717) is 31.2 Å². The molecule has 182 valence electrons. The number of anilines is 1.